The predicted molar refractivity (Wildman–Crippen MR) is 78.5 cm³/mol. The molecule has 7 nitrogen and oxygen atoms in total. The third kappa shape index (κ3) is 5.61. The van der Waals surface area contributed by atoms with Gasteiger partial charge in [-0.1, -0.05) is 6.07 Å². The van der Waals surface area contributed by atoms with Crippen molar-refractivity contribution in [1.29, 1.82) is 0 Å². The van der Waals surface area contributed by atoms with Crippen LogP contribution in [0.4, 0.5) is 0 Å². The van der Waals surface area contributed by atoms with Crippen LogP contribution < -0.4 is 10.5 Å². The molecular formula is C15H21NO6. The monoisotopic (exact) mass is 311 g/mol. The van der Waals surface area contributed by atoms with Gasteiger partial charge in [0, 0.05) is 6.42 Å². The summed E-state index contributed by atoms with van der Waals surface area (Å²) in [6, 6.07) is 3.86. The topological polar surface area (TPSA) is 108 Å². The SMILES string of the molecule is CCOC(=O)[C@@H](N)COC(=O)CCc1ccc(O)c(OC)c1. The Morgan fingerprint density at radius 3 is 2.68 bits per heavy atom. The van der Waals surface area contributed by atoms with Gasteiger partial charge < -0.3 is 25.1 Å². The summed E-state index contributed by atoms with van der Waals surface area (Å²) < 4.78 is 14.6. The van der Waals surface area contributed by atoms with Gasteiger partial charge in [0.05, 0.1) is 13.7 Å². The molecule has 0 bridgehead atoms. The number of aromatic hydroxyl groups is 1. The van der Waals surface area contributed by atoms with Crippen LogP contribution in [-0.2, 0) is 25.5 Å². The summed E-state index contributed by atoms with van der Waals surface area (Å²) >= 11 is 0. The number of aryl methyl sites for hydroxylation is 1. The number of carbonyl (C=O) groups is 2. The lowest BCUT2D eigenvalue weighted by Crippen LogP contribution is -2.37. The molecule has 7 heteroatoms. The van der Waals surface area contributed by atoms with Gasteiger partial charge in [0.1, 0.15) is 12.6 Å². The van der Waals surface area contributed by atoms with E-state index < -0.39 is 18.0 Å². The van der Waals surface area contributed by atoms with Gasteiger partial charge in [-0.15, -0.1) is 0 Å². The summed E-state index contributed by atoms with van der Waals surface area (Å²) in [7, 11) is 1.45. The Morgan fingerprint density at radius 2 is 2.05 bits per heavy atom. The molecule has 0 saturated carbocycles. The number of nitrogens with two attached hydrogens (primary N) is 1. The molecule has 1 rings (SSSR count). The molecule has 0 aliphatic carbocycles. The van der Waals surface area contributed by atoms with Crippen LogP contribution in [0.25, 0.3) is 0 Å². The van der Waals surface area contributed by atoms with Gasteiger partial charge in [0.2, 0.25) is 0 Å². The van der Waals surface area contributed by atoms with Crippen molar-refractivity contribution < 1.29 is 28.9 Å². The van der Waals surface area contributed by atoms with Gasteiger partial charge in [-0.05, 0) is 31.0 Å². The van der Waals surface area contributed by atoms with E-state index in [2.05, 4.69) is 0 Å². The number of hydrogen-bond donors (Lipinski definition) is 2. The standard InChI is InChI=1S/C15H21NO6/c1-3-21-15(19)11(16)9-22-14(18)7-5-10-4-6-12(17)13(8-10)20-2/h4,6,8,11,17H,3,5,7,9,16H2,1-2H3/t11-/m0/s1. The van der Waals surface area contributed by atoms with Crippen LogP contribution in [-0.4, -0.2) is 43.4 Å². The molecule has 0 aliphatic rings. The third-order valence-electron chi connectivity index (χ3n) is 2.88. The predicted octanol–water partition coefficient (Wildman–Crippen LogP) is 0.767. The zero-order valence-corrected chi connectivity index (χ0v) is 12.7. The van der Waals surface area contributed by atoms with Crippen LogP contribution in [0, 0.1) is 0 Å². The third-order valence-corrected chi connectivity index (χ3v) is 2.88. The molecule has 0 saturated heterocycles. The molecule has 1 aromatic rings. The normalized spacial score (nSPS) is 11.6. The number of ether oxygens (including phenoxy) is 3. The Hall–Kier alpha value is -2.28. The van der Waals surface area contributed by atoms with Crippen molar-refractivity contribution in [1.82, 2.24) is 0 Å². The number of phenols is 1. The number of rotatable bonds is 8. The maximum Gasteiger partial charge on any atom is 0.326 e. The van der Waals surface area contributed by atoms with E-state index in [1.807, 2.05) is 0 Å². The van der Waals surface area contributed by atoms with Gasteiger partial charge in [-0.2, -0.15) is 0 Å². The van der Waals surface area contributed by atoms with Crippen molar-refractivity contribution >= 4 is 11.9 Å². The second-order valence-corrected chi connectivity index (χ2v) is 4.55. The Labute approximate surface area is 129 Å². The van der Waals surface area contributed by atoms with Crippen molar-refractivity contribution in [2.45, 2.75) is 25.8 Å². The highest BCUT2D eigenvalue weighted by atomic mass is 16.5. The van der Waals surface area contributed by atoms with Gasteiger partial charge in [-0.25, -0.2) is 0 Å². The fourth-order valence-electron chi connectivity index (χ4n) is 1.70. The molecule has 0 aromatic heterocycles. The fraction of sp³-hybridized carbons (Fsp3) is 0.467. The van der Waals surface area contributed by atoms with E-state index in [1.165, 1.54) is 13.2 Å². The van der Waals surface area contributed by atoms with E-state index in [-0.39, 0.29) is 25.4 Å². The highest BCUT2D eigenvalue weighted by molar-refractivity contribution is 5.76. The lowest BCUT2D eigenvalue weighted by atomic mass is 10.1. The van der Waals surface area contributed by atoms with E-state index in [0.29, 0.717) is 12.2 Å². The first-order chi connectivity index (χ1) is 10.5. The second-order valence-electron chi connectivity index (χ2n) is 4.55. The van der Waals surface area contributed by atoms with Crippen molar-refractivity contribution in [2.24, 2.45) is 5.73 Å². The van der Waals surface area contributed by atoms with E-state index in [4.69, 9.17) is 19.9 Å². The lowest BCUT2D eigenvalue weighted by Gasteiger charge is -2.11. The second kappa shape index (κ2) is 8.89. The maximum absolute atomic E-state index is 11.6. The number of carbonyl (C=O) groups excluding carboxylic acids is 2. The summed E-state index contributed by atoms with van der Waals surface area (Å²) in [4.78, 5) is 22.9. The molecule has 0 fully saturated rings. The summed E-state index contributed by atoms with van der Waals surface area (Å²) in [5, 5.41) is 9.48. The molecule has 0 unspecified atom stereocenters. The molecule has 0 amide bonds. The maximum atomic E-state index is 11.6. The average Bonchev–Trinajstić information content (AvgIpc) is 2.51. The largest absolute Gasteiger partial charge is 0.504 e. The number of hydrogen-bond acceptors (Lipinski definition) is 7. The van der Waals surface area contributed by atoms with Gasteiger partial charge in [0.15, 0.2) is 11.5 Å². The van der Waals surface area contributed by atoms with Crippen molar-refractivity contribution in [3.63, 3.8) is 0 Å². The first-order valence-corrected chi connectivity index (χ1v) is 6.91. The first-order valence-electron chi connectivity index (χ1n) is 6.91. The van der Waals surface area contributed by atoms with Crippen LogP contribution in [0.1, 0.15) is 18.9 Å². The van der Waals surface area contributed by atoms with Crippen LogP contribution in [0.3, 0.4) is 0 Å². The van der Waals surface area contributed by atoms with Crippen LogP contribution in [0.5, 0.6) is 11.5 Å². The smallest absolute Gasteiger partial charge is 0.326 e. The summed E-state index contributed by atoms with van der Waals surface area (Å²) in [5.41, 5.74) is 6.34. The number of esters is 2. The fourth-order valence-corrected chi connectivity index (χ4v) is 1.70. The van der Waals surface area contributed by atoms with E-state index in [1.54, 1.807) is 19.1 Å². The van der Waals surface area contributed by atoms with Gasteiger partial charge in [-0.3, -0.25) is 9.59 Å². The Kier molecular flexibility index (Phi) is 7.18. The minimum absolute atomic E-state index is 0.0363. The summed E-state index contributed by atoms with van der Waals surface area (Å²) in [5.74, 6) is -0.685. The molecular weight excluding hydrogens is 290 g/mol. The van der Waals surface area contributed by atoms with Crippen LogP contribution >= 0.6 is 0 Å². The molecule has 0 aliphatic heterocycles. The van der Waals surface area contributed by atoms with E-state index in [9.17, 15) is 14.7 Å². The Bertz CT molecular complexity index is 517. The molecule has 0 radical (unpaired) electrons. The van der Waals surface area contributed by atoms with Crippen molar-refractivity contribution in [3.8, 4) is 11.5 Å². The molecule has 3 N–H and O–H groups in total. The van der Waals surface area contributed by atoms with Gasteiger partial charge in [0.25, 0.3) is 0 Å². The average molecular weight is 311 g/mol. The minimum Gasteiger partial charge on any atom is -0.504 e. The molecule has 0 heterocycles. The lowest BCUT2D eigenvalue weighted by molar-refractivity contribution is -0.150. The van der Waals surface area contributed by atoms with Gasteiger partial charge >= 0.3 is 11.9 Å². The summed E-state index contributed by atoms with van der Waals surface area (Å²) in [6.45, 7) is 1.68. The molecule has 22 heavy (non-hydrogen) atoms. The Morgan fingerprint density at radius 1 is 1.32 bits per heavy atom. The molecule has 122 valence electrons. The Balaban J connectivity index is 2.38. The molecule has 0 spiro atoms. The van der Waals surface area contributed by atoms with Crippen molar-refractivity contribution in [3.05, 3.63) is 23.8 Å². The highest BCUT2D eigenvalue weighted by Gasteiger charge is 2.16. The number of methoxy groups -OCH3 is 1. The summed E-state index contributed by atoms with van der Waals surface area (Å²) in [6.07, 6.45) is 0.549. The van der Waals surface area contributed by atoms with E-state index >= 15 is 0 Å². The molecule has 1 aromatic carbocycles. The zero-order valence-electron chi connectivity index (χ0n) is 12.7. The number of benzene rings is 1. The zero-order chi connectivity index (χ0) is 16.5. The highest BCUT2D eigenvalue weighted by Crippen LogP contribution is 2.26. The minimum atomic E-state index is -0.974. The quantitative estimate of drug-likeness (QED) is 0.682. The van der Waals surface area contributed by atoms with Crippen LogP contribution in [0.15, 0.2) is 18.2 Å². The van der Waals surface area contributed by atoms with Crippen molar-refractivity contribution in [2.75, 3.05) is 20.3 Å². The van der Waals surface area contributed by atoms with Crippen LogP contribution in [0.2, 0.25) is 0 Å². The first kappa shape index (κ1) is 17.8. The number of phenolic OH excluding ortho intramolecular Hbond substituents is 1. The molecule has 1 atom stereocenters. The van der Waals surface area contributed by atoms with E-state index in [0.717, 1.165) is 5.56 Å².